The summed E-state index contributed by atoms with van der Waals surface area (Å²) >= 11 is 6.11. The molecule has 0 aromatic heterocycles. The van der Waals surface area contributed by atoms with Crippen LogP contribution in [0.5, 0.6) is 0 Å². The van der Waals surface area contributed by atoms with Crippen LogP contribution in [0.2, 0.25) is 5.02 Å². The van der Waals surface area contributed by atoms with E-state index in [2.05, 4.69) is 6.07 Å². The van der Waals surface area contributed by atoms with Crippen LogP contribution < -0.4 is 4.90 Å². The molecule has 142 valence electrons. The van der Waals surface area contributed by atoms with Gasteiger partial charge in [-0.1, -0.05) is 11.6 Å². The number of rotatable bonds is 2. The third kappa shape index (κ3) is 3.05. The molecule has 1 amide bonds. The summed E-state index contributed by atoms with van der Waals surface area (Å²) in [5.74, 6) is -0.489. The van der Waals surface area contributed by atoms with Gasteiger partial charge in [0.05, 0.1) is 22.2 Å². The minimum Gasteiger partial charge on any atom is -0.338 e. The molecular weight excluding hydrogens is 398 g/mol. The Morgan fingerprint density at radius 3 is 2.39 bits per heavy atom. The zero-order valence-electron chi connectivity index (χ0n) is 14.8. The molecule has 1 fully saturated rings. The fourth-order valence-corrected chi connectivity index (χ4v) is 5.12. The topological polar surface area (TPSA) is 81.5 Å². The monoisotopic (exact) mass is 413 g/mol. The van der Waals surface area contributed by atoms with Crippen LogP contribution in [0, 0.1) is 11.3 Å². The molecule has 2 heterocycles. The Kier molecular flexibility index (Phi) is 4.61. The van der Waals surface area contributed by atoms with E-state index in [1.807, 2.05) is 0 Å². The number of nitrogens with zero attached hydrogens (tertiary/aromatic N) is 3. The highest BCUT2D eigenvalue weighted by Gasteiger charge is 2.38. The van der Waals surface area contributed by atoms with Gasteiger partial charge in [0.15, 0.2) is 4.91 Å². The third-order valence-electron chi connectivity index (χ3n) is 4.88. The zero-order valence-corrected chi connectivity index (χ0v) is 16.4. The number of sulfone groups is 1. The van der Waals surface area contributed by atoms with Crippen molar-refractivity contribution in [3.05, 3.63) is 64.2 Å². The summed E-state index contributed by atoms with van der Waals surface area (Å²) in [6, 6.07) is 13.2. The average Bonchev–Trinajstić information content (AvgIpc) is 3.22. The van der Waals surface area contributed by atoms with Crippen molar-refractivity contribution in [3.63, 3.8) is 0 Å². The fourth-order valence-electron chi connectivity index (χ4n) is 3.44. The third-order valence-corrected chi connectivity index (χ3v) is 6.90. The van der Waals surface area contributed by atoms with Crippen molar-refractivity contribution in [1.82, 2.24) is 4.90 Å². The fraction of sp³-hybridized carbons (Fsp3) is 0.200. The summed E-state index contributed by atoms with van der Waals surface area (Å²) in [5, 5.41) is 9.40. The normalized spacial score (nSPS) is 17.6. The highest BCUT2D eigenvalue weighted by atomic mass is 35.5. The first-order valence-electron chi connectivity index (χ1n) is 8.77. The zero-order chi connectivity index (χ0) is 19.9. The second-order valence-corrected chi connectivity index (χ2v) is 8.96. The SMILES string of the molecule is N#Cc1ccc(N2C=C(C(=O)N3CCCC3)S(=O)(=O)c3ccc(Cl)cc32)cc1. The van der Waals surface area contributed by atoms with E-state index in [9.17, 15) is 13.2 Å². The lowest BCUT2D eigenvalue weighted by molar-refractivity contribution is -0.125. The summed E-state index contributed by atoms with van der Waals surface area (Å²) in [4.78, 5) is 15.9. The number of carbonyl (C=O) groups is 1. The number of benzene rings is 2. The number of nitriles is 1. The van der Waals surface area contributed by atoms with Crippen LogP contribution in [0.3, 0.4) is 0 Å². The van der Waals surface area contributed by atoms with Crippen LogP contribution in [-0.4, -0.2) is 32.3 Å². The van der Waals surface area contributed by atoms with Crippen LogP contribution in [0.25, 0.3) is 0 Å². The summed E-state index contributed by atoms with van der Waals surface area (Å²) in [6.45, 7) is 1.10. The van der Waals surface area contributed by atoms with Crippen LogP contribution in [0.4, 0.5) is 11.4 Å². The van der Waals surface area contributed by atoms with Gasteiger partial charge >= 0.3 is 0 Å². The van der Waals surface area contributed by atoms with Crippen LogP contribution in [0.1, 0.15) is 18.4 Å². The van der Waals surface area contributed by atoms with E-state index in [0.717, 1.165) is 12.8 Å². The number of hydrogen-bond donors (Lipinski definition) is 0. The standard InChI is InChI=1S/C20H16ClN3O3S/c21-15-5-8-18-17(11-15)24(16-6-3-14(12-22)4-7-16)13-19(28(18,26)27)20(25)23-9-1-2-10-23/h3-8,11,13H,1-2,9-10H2. The Bertz CT molecular complexity index is 1130. The van der Waals surface area contributed by atoms with Gasteiger partial charge in [0.1, 0.15) is 0 Å². The molecule has 6 nitrogen and oxygen atoms in total. The Morgan fingerprint density at radius 2 is 1.75 bits per heavy atom. The number of hydrogen-bond acceptors (Lipinski definition) is 5. The number of halogens is 1. The highest BCUT2D eigenvalue weighted by Crippen LogP contribution is 2.41. The average molecular weight is 414 g/mol. The van der Waals surface area contributed by atoms with Crippen molar-refractivity contribution in [2.24, 2.45) is 0 Å². The van der Waals surface area contributed by atoms with Gasteiger partial charge in [-0.3, -0.25) is 4.79 Å². The maximum atomic E-state index is 13.2. The van der Waals surface area contributed by atoms with E-state index in [4.69, 9.17) is 16.9 Å². The lowest BCUT2D eigenvalue weighted by Crippen LogP contribution is -2.35. The first-order chi connectivity index (χ1) is 13.4. The van der Waals surface area contributed by atoms with Crippen molar-refractivity contribution in [3.8, 4) is 6.07 Å². The number of likely N-dealkylation sites (tertiary alicyclic amines) is 1. The first-order valence-corrected chi connectivity index (χ1v) is 10.6. The molecule has 0 atom stereocenters. The maximum Gasteiger partial charge on any atom is 0.267 e. The molecule has 2 aliphatic heterocycles. The molecule has 0 aliphatic carbocycles. The molecule has 0 bridgehead atoms. The Labute approximate surface area is 168 Å². The molecule has 2 aromatic rings. The molecule has 4 rings (SSSR count). The van der Waals surface area contributed by atoms with Gasteiger partial charge in [-0.05, 0) is 55.3 Å². The molecule has 0 spiro atoms. The minimum absolute atomic E-state index is 0.0336. The summed E-state index contributed by atoms with van der Waals surface area (Å²) in [7, 11) is -3.97. The number of carbonyl (C=O) groups excluding carboxylic acids is 1. The van der Waals surface area contributed by atoms with E-state index in [1.165, 1.54) is 18.3 Å². The summed E-state index contributed by atoms with van der Waals surface area (Å²) in [6.07, 6.45) is 3.09. The largest absolute Gasteiger partial charge is 0.338 e. The summed E-state index contributed by atoms with van der Waals surface area (Å²) in [5.41, 5.74) is 1.48. The second-order valence-electron chi connectivity index (χ2n) is 6.64. The van der Waals surface area contributed by atoms with Gasteiger partial charge in [-0.15, -0.1) is 0 Å². The van der Waals surface area contributed by atoms with Crippen LogP contribution in [-0.2, 0) is 14.6 Å². The van der Waals surface area contributed by atoms with E-state index in [1.54, 1.807) is 40.1 Å². The van der Waals surface area contributed by atoms with Gasteiger partial charge < -0.3 is 9.80 Å². The van der Waals surface area contributed by atoms with Gasteiger partial charge in [0.25, 0.3) is 5.91 Å². The Hall–Kier alpha value is -2.82. The van der Waals surface area contributed by atoms with Gasteiger partial charge in [-0.2, -0.15) is 5.26 Å². The molecule has 8 heteroatoms. The predicted octanol–water partition coefficient (Wildman–Crippen LogP) is 3.60. The van der Waals surface area contributed by atoms with Crippen molar-refractivity contribution in [2.45, 2.75) is 17.7 Å². The highest BCUT2D eigenvalue weighted by molar-refractivity contribution is 7.96. The van der Waals surface area contributed by atoms with Crippen molar-refractivity contribution in [1.29, 1.82) is 5.26 Å². The number of fused-ring (bicyclic) bond motifs is 1. The molecule has 0 saturated carbocycles. The molecule has 0 unspecified atom stereocenters. The molecule has 1 saturated heterocycles. The van der Waals surface area contributed by atoms with Gasteiger partial charge in [-0.25, -0.2) is 8.42 Å². The molecule has 2 aliphatic rings. The smallest absolute Gasteiger partial charge is 0.267 e. The van der Waals surface area contributed by atoms with E-state index in [0.29, 0.717) is 35.1 Å². The number of amides is 1. The lowest BCUT2D eigenvalue weighted by Gasteiger charge is -2.30. The summed E-state index contributed by atoms with van der Waals surface area (Å²) < 4.78 is 26.3. The lowest BCUT2D eigenvalue weighted by atomic mass is 10.2. The molecule has 0 N–H and O–H groups in total. The van der Waals surface area contributed by atoms with Gasteiger partial charge in [0.2, 0.25) is 9.84 Å². The first kappa shape index (κ1) is 18.5. The van der Waals surface area contributed by atoms with E-state index < -0.39 is 15.7 Å². The Balaban J connectivity index is 1.89. The van der Waals surface area contributed by atoms with E-state index in [-0.39, 0.29) is 9.80 Å². The Morgan fingerprint density at radius 1 is 1.07 bits per heavy atom. The van der Waals surface area contributed by atoms with Crippen LogP contribution >= 0.6 is 11.6 Å². The van der Waals surface area contributed by atoms with Gasteiger partial charge in [0, 0.05) is 30.0 Å². The van der Waals surface area contributed by atoms with E-state index >= 15 is 0 Å². The predicted molar refractivity (Wildman–Crippen MR) is 106 cm³/mol. The van der Waals surface area contributed by atoms with Crippen molar-refractivity contribution < 1.29 is 13.2 Å². The maximum absolute atomic E-state index is 13.2. The minimum atomic E-state index is -3.97. The second kappa shape index (κ2) is 6.97. The van der Waals surface area contributed by atoms with Crippen LogP contribution in [0.15, 0.2) is 58.5 Å². The molecule has 28 heavy (non-hydrogen) atoms. The molecular formula is C20H16ClN3O3S. The molecule has 2 aromatic carbocycles. The number of anilines is 2. The quantitative estimate of drug-likeness (QED) is 0.751. The van der Waals surface area contributed by atoms with Crippen molar-refractivity contribution >= 4 is 38.7 Å². The molecule has 0 radical (unpaired) electrons. The van der Waals surface area contributed by atoms with Crippen molar-refractivity contribution in [2.75, 3.05) is 18.0 Å².